The second-order valence-corrected chi connectivity index (χ2v) is 7.82. The molecule has 1 atom stereocenters. The maximum absolute atomic E-state index is 12.4. The molecule has 2 rings (SSSR count). The molecule has 0 radical (unpaired) electrons. The minimum atomic E-state index is -0.728. The molecule has 1 N–H and O–H groups in total. The quantitative estimate of drug-likeness (QED) is 0.222. The second-order valence-electron chi connectivity index (χ2n) is 7.82. The van der Waals surface area contributed by atoms with E-state index in [1.807, 2.05) is 6.92 Å². The molecule has 0 spiro atoms. The molecule has 1 aromatic carbocycles. The van der Waals surface area contributed by atoms with E-state index in [0.29, 0.717) is 0 Å². The molecule has 11 nitrogen and oxygen atoms in total. The molecule has 0 saturated carbocycles. The molecule has 0 bridgehead atoms. The van der Waals surface area contributed by atoms with Crippen molar-refractivity contribution in [2.45, 2.75) is 46.5 Å². The summed E-state index contributed by atoms with van der Waals surface area (Å²) in [6.07, 6.45) is 3.86. The first-order valence-corrected chi connectivity index (χ1v) is 10.9. The Labute approximate surface area is 196 Å². The third-order valence-electron chi connectivity index (χ3n) is 5.55. The summed E-state index contributed by atoms with van der Waals surface area (Å²) in [6.45, 7) is 5.74. The number of nitriles is 1. The predicted molar refractivity (Wildman–Crippen MR) is 124 cm³/mol. The summed E-state index contributed by atoms with van der Waals surface area (Å²) in [5, 5.41) is 38.4. The van der Waals surface area contributed by atoms with Crippen LogP contribution in [0, 0.1) is 34.3 Å². The van der Waals surface area contributed by atoms with Gasteiger partial charge in [0, 0.05) is 18.7 Å². The Balaban J connectivity index is 2.34. The van der Waals surface area contributed by atoms with E-state index in [-0.39, 0.29) is 40.6 Å². The third-order valence-corrected chi connectivity index (χ3v) is 5.55. The van der Waals surface area contributed by atoms with E-state index in [1.165, 1.54) is 26.1 Å². The highest BCUT2D eigenvalue weighted by Gasteiger charge is 2.21. The summed E-state index contributed by atoms with van der Waals surface area (Å²) in [7, 11) is 1.26. The fraction of sp³-hybridized carbons (Fsp3) is 0.435. The van der Waals surface area contributed by atoms with E-state index in [4.69, 9.17) is 4.74 Å². The zero-order valence-electron chi connectivity index (χ0n) is 19.6. The monoisotopic (exact) mass is 469 g/mol. The number of ether oxygens (including phenoxy) is 1. The summed E-state index contributed by atoms with van der Waals surface area (Å²) in [5.74, 6) is -0.970. The maximum Gasteiger partial charge on any atom is 0.338 e. The third kappa shape index (κ3) is 5.83. The largest absolute Gasteiger partial charge is 0.493 e. The van der Waals surface area contributed by atoms with Gasteiger partial charge in [0.05, 0.1) is 17.1 Å². The number of aromatic nitrogens is 1. The summed E-state index contributed by atoms with van der Waals surface area (Å²) in [6, 6.07) is 5.40. The van der Waals surface area contributed by atoms with Crippen molar-refractivity contribution in [3.63, 3.8) is 0 Å². The Bertz CT molecular complexity index is 1210. The zero-order chi connectivity index (χ0) is 25.4. The first-order chi connectivity index (χ1) is 16.2. The number of rotatable bonds is 10. The zero-order valence-corrected chi connectivity index (χ0v) is 19.6. The minimum Gasteiger partial charge on any atom is -0.493 e. The second kappa shape index (κ2) is 11.7. The number of esters is 1. The van der Waals surface area contributed by atoms with Gasteiger partial charge in [-0.05, 0) is 31.4 Å². The number of nitrogens with zero attached hydrogens (tertiary/aromatic N) is 5. The summed E-state index contributed by atoms with van der Waals surface area (Å²) < 4.78 is 6.18. The number of carbonyl (C=O) groups excluding carboxylic acids is 1. The van der Waals surface area contributed by atoms with Gasteiger partial charge < -0.3 is 9.84 Å². The number of azo groups is 1. The number of unbranched alkanes of at least 4 members (excludes halogenated alkanes) is 1. The van der Waals surface area contributed by atoms with Crippen molar-refractivity contribution in [2.75, 3.05) is 6.61 Å². The fourth-order valence-electron chi connectivity index (χ4n) is 3.28. The van der Waals surface area contributed by atoms with E-state index < -0.39 is 28.0 Å². The molecular formula is C23H27N5O6. The molecule has 0 amide bonds. The average molecular weight is 469 g/mol. The van der Waals surface area contributed by atoms with Crippen molar-refractivity contribution in [3.05, 3.63) is 55.4 Å². The van der Waals surface area contributed by atoms with Crippen LogP contribution in [0.4, 0.5) is 17.1 Å². The number of aromatic hydroxyl groups is 1. The highest BCUT2D eigenvalue weighted by atomic mass is 16.6. The Morgan fingerprint density at radius 3 is 2.65 bits per heavy atom. The molecule has 1 aromatic heterocycles. The summed E-state index contributed by atoms with van der Waals surface area (Å²) in [5.41, 5.74) is -1.73. The molecule has 0 saturated heterocycles. The predicted octanol–water partition coefficient (Wildman–Crippen LogP) is 4.97. The van der Waals surface area contributed by atoms with E-state index in [1.54, 1.807) is 6.07 Å². The summed E-state index contributed by atoms with van der Waals surface area (Å²) in [4.78, 5) is 35.7. The lowest BCUT2D eigenvalue weighted by molar-refractivity contribution is -0.384. The Morgan fingerprint density at radius 2 is 2.06 bits per heavy atom. The number of benzene rings is 1. The average Bonchev–Trinajstić information content (AvgIpc) is 2.82. The van der Waals surface area contributed by atoms with Crippen molar-refractivity contribution in [1.29, 1.82) is 5.26 Å². The number of carbonyl (C=O) groups is 1. The van der Waals surface area contributed by atoms with Gasteiger partial charge in [0.15, 0.2) is 11.4 Å². The molecular weight excluding hydrogens is 442 g/mol. The van der Waals surface area contributed by atoms with Gasteiger partial charge in [-0.2, -0.15) is 5.26 Å². The van der Waals surface area contributed by atoms with Gasteiger partial charge in [0.1, 0.15) is 11.6 Å². The van der Waals surface area contributed by atoms with Crippen LogP contribution in [0.5, 0.6) is 5.88 Å². The minimum absolute atomic E-state index is 0.000473. The molecule has 1 heterocycles. The topological polar surface area (TPSA) is 160 Å². The Morgan fingerprint density at radius 1 is 1.35 bits per heavy atom. The normalized spacial score (nSPS) is 11.9. The molecule has 11 heteroatoms. The molecule has 1 unspecified atom stereocenters. The van der Waals surface area contributed by atoms with Gasteiger partial charge in [-0.1, -0.05) is 33.1 Å². The van der Waals surface area contributed by atoms with Gasteiger partial charge in [0.25, 0.3) is 11.2 Å². The van der Waals surface area contributed by atoms with Crippen LogP contribution in [-0.4, -0.2) is 27.2 Å². The highest BCUT2D eigenvalue weighted by molar-refractivity contribution is 5.91. The summed E-state index contributed by atoms with van der Waals surface area (Å²) >= 11 is 0. The molecule has 180 valence electrons. The molecule has 34 heavy (non-hydrogen) atoms. The van der Waals surface area contributed by atoms with Crippen LogP contribution in [0.15, 0.2) is 33.2 Å². The maximum atomic E-state index is 12.4. The number of hydrogen-bond acceptors (Lipinski definition) is 9. The van der Waals surface area contributed by atoms with Crippen LogP contribution in [0.3, 0.4) is 0 Å². The lowest BCUT2D eigenvalue weighted by Gasteiger charge is -2.14. The van der Waals surface area contributed by atoms with Crippen LogP contribution in [0.25, 0.3) is 0 Å². The molecule has 2 aromatic rings. The smallest absolute Gasteiger partial charge is 0.338 e. The molecule has 0 fully saturated rings. The molecule has 0 aliphatic heterocycles. The molecule has 0 aliphatic rings. The van der Waals surface area contributed by atoms with Gasteiger partial charge in [-0.15, -0.1) is 10.2 Å². The first kappa shape index (κ1) is 26.2. The van der Waals surface area contributed by atoms with Crippen LogP contribution >= 0.6 is 0 Å². The highest BCUT2D eigenvalue weighted by Crippen LogP contribution is 2.31. The molecule has 0 aliphatic carbocycles. The lowest BCUT2D eigenvalue weighted by atomic mass is 10.0. The van der Waals surface area contributed by atoms with Crippen molar-refractivity contribution >= 4 is 23.0 Å². The first-order valence-electron chi connectivity index (χ1n) is 10.9. The van der Waals surface area contributed by atoms with E-state index >= 15 is 0 Å². The number of nitro benzene ring substituents is 1. The lowest BCUT2D eigenvalue weighted by Crippen LogP contribution is -2.18. The van der Waals surface area contributed by atoms with Crippen LogP contribution in [0.2, 0.25) is 0 Å². The number of hydrogen-bond donors (Lipinski definition) is 1. The van der Waals surface area contributed by atoms with Gasteiger partial charge in [0.2, 0.25) is 5.88 Å². The fourth-order valence-corrected chi connectivity index (χ4v) is 3.28. The van der Waals surface area contributed by atoms with E-state index in [9.17, 15) is 30.1 Å². The van der Waals surface area contributed by atoms with Crippen LogP contribution < -0.4 is 5.56 Å². The van der Waals surface area contributed by atoms with Crippen molar-refractivity contribution < 1.29 is 19.6 Å². The van der Waals surface area contributed by atoms with E-state index in [0.717, 1.165) is 36.3 Å². The van der Waals surface area contributed by atoms with Crippen LogP contribution in [-0.2, 0) is 11.8 Å². The van der Waals surface area contributed by atoms with Gasteiger partial charge in [-0.3, -0.25) is 19.5 Å². The Kier molecular flexibility index (Phi) is 9.01. The SMILES string of the molecule is CCCCC(CC)COC(=O)c1ccc(N=Nc2c(C)c(C#N)c(O)n(C)c2=O)c([N+](=O)[O-])c1. The van der Waals surface area contributed by atoms with Crippen molar-refractivity contribution in [2.24, 2.45) is 23.2 Å². The van der Waals surface area contributed by atoms with E-state index in [2.05, 4.69) is 17.2 Å². The van der Waals surface area contributed by atoms with Gasteiger partial charge >= 0.3 is 5.97 Å². The van der Waals surface area contributed by atoms with Crippen molar-refractivity contribution in [3.8, 4) is 11.9 Å². The number of nitro groups is 1. The number of pyridine rings is 1. The Hall–Kier alpha value is -4.07. The van der Waals surface area contributed by atoms with Crippen LogP contribution in [0.1, 0.15) is 61.0 Å². The van der Waals surface area contributed by atoms with Crippen molar-refractivity contribution in [1.82, 2.24) is 4.57 Å². The standard InChI is InChI=1S/C23H27N5O6/c1-5-7-8-15(6-2)13-34-23(31)16-9-10-18(19(11-16)28(32)33)25-26-20-14(3)17(12-24)21(29)27(4)22(20)30/h9-11,15,29H,5-8,13H2,1-4H3. The van der Waals surface area contributed by atoms with Gasteiger partial charge in [-0.25, -0.2) is 4.79 Å².